The molecule has 3 atom stereocenters. The number of aliphatic hydroxyl groups excluding tert-OH is 1. The first-order chi connectivity index (χ1) is 17.2. The second kappa shape index (κ2) is 10.0. The van der Waals surface area contributed by atoms with E-state index in [1.807, 2.05) is 0 Å². The lowest BCUT2D eigenvalue weighted by Gasteiger charge is -2.49. The highest BCUT2D eigenvalue weighted by atomic mass is 32.2. The number of hydrogen-bond acceptors (Lipinski definition) is 14. The van der Waals surface area contributed by atoms with Crippen LogP contribution in [0.15, 0.2) is 26.6 Å². The SMILES string of the molecule is CO/N=C(\C(=O)NC1C(=O)N2C(C(=O)O)=C(C(N)c3nc(=O)c(CO)n[nH]3)CS[C@H]12)c1csc(N)n1. The standard InChI is InChI=1S/C18H19N9O7S2/c1-34-26-9(7-4-36-18(20)21-7)14(30)22-10-15(31)27-11(17(32)33)5(3-35-16(10)27)8(19)12-23-13(29)6(2-28)24-25-12/h4,8,10,16,28H,2-3,19H2,1H3,(H2,20,21)(H,22,30)(H,32,33)(H,23,25,29)/b26-9-/t8?,10?,16-/m1/s1. The van der Waals surface area contributed by atoms with Crippen LogP contribution in [0, 0.1) is 0 Å². The quantitative estimate of drug-likeness (QED) is 0.116. The normalized spacial score (nSPS) is 20.5. The number of oxime groups is 1. The first-order valence-corrected chi connectivity index (χ1v) is 12.0. The number of nitrogen functional groups attached to an aromatic ring is 1. The molecule has 1 fully saturated rings. The first-order valence-electron chi connectivity index (χ1n) is 10.0. The van der Waals surface area contributed by atoms with Crippen molar-refractivity contribution in [1.82, 2.24) is 30.4 Å². The molecule has 36 heavy (non-hydrogen) atoms. The Balaban J connectivity index is 1.58. The molecule has 0 radical (unpaired) electrons. The van der Waals surface area contributed by atoms with Crippen LogP contribution in [0.2, 0.25) is 0 Å². The topological polar surface area (TPSA) is 252 Å². The number of aliphatic hydroxyl groups is 1. The minimum atomic E-state index is -1.43. The average Bonchev–Trinajstić information content (AvgIpc) is 3.29. The van der Waals surface area contributed by atoms with E-state index in [1.165, 1.54) is 12.5 Å². The molecule has 0 bridgehead atoms. The van der Waals surface area contributed by atoms with E-state index in [4.69, 9.17) is 21.4 Å². The number of hydrogen-bond donors (Lipinski definition) is 6. The van der Waals surface area contributed by atoms with Gasteiger partial charge >= 0.3 is 5.97 Å². The maximum Gasteiger partial charge on any atom is 0.352 e. The van der Waals surface area contributed by atoms with Gasteiger partial charge in [0, 0.05) is 11.1 Å². The zero-order valence-electron chi connectivity index (χ0n) is 18.4. The third-order valence-electron chi connectivity index (χ3n) is 5.24. The van der Waals surface area contributed by atoms with E-state index in [1.54, 1.807) is 0 Å². The monoisotopic (exact) mass is 537 g/mol. The molecule has 18 heteroatoms. The van der Waals surface area contributed by atoms with Crippen LogP contribution in [-0.4, -0.2) is 83.1 Å². The molecular formula is C18H19N9O7S2. The van der Waals surface area contributed by atoms with Gasteiger partial charge < -0.3 is 31.8 Å². The maximum atomic E-state index is 13.0. The van der Waals surface area contributed by atoms with Gasteiger partial charge in [0.25, 0.3) is 17.4 Å². The second-order valence-electron chi connectivity index (χ2n) is 7.34. The summed E-state index contributed by atoms with van der Waals surface area (Å²) in [5.41, 5.74) is 10.4. The van der Waals surface area contributed by atoms with Gasteiger partial charge in [-0.1, -0.05) is 5.16 Å². The predicted molar refractivity (Wildman–Crippen MR) is 125 cm³/mol. The third-order valence-corrected chi connectivity index (χ3v) is 7.22. The van der Waals surface area contributed by atoms with Crippen LogP contribution in [-0.2, 0) is 25.8 Å². The highest BCUT2D eigenvalue weighted by Gasteiger charge is 2.55. The van der Waals surface area contributed by atoms with Gasteiger partial charge in [0.15, 0.2) is 16.5 Å². The zero-order valence-corrected chi connectivity index (χ0v) is 20.0. The molecule has 2 aromatic heterocycles. The molecule has 8 N–H and O–H groups in total. The van der Waals surface area contributed by atoms with Crippen LogP contribution in [0.3, 0.4) is 0 Å². The maximum absolute atomic E-state index is 13.0. The summed E-state index contributed by atoms with van der Waals surface area (Å²) in [6, 6.07) is -2.26. The molecule has 16 nitrogen and oxygen atoms in total. The van der Waals surface area contributed by atoms with Gasteiger partial charge in [0.1, 0.15) is 35.7 Å². The molecule has 4 heterocycles. The Morgan fingerprint density at radius 2 is 2.17 bits per heavy atom. The Hall–Kier alpha value is -3.87. The molecule has 2 aliphatic heterocycles. The number of anilines is 1. The molecule has 2 aromatic rings. The molecule has 2 aliphatic rings. The lowest BCUT2D eigenvalue weighted by atomic mass is 9.99. The van der Waals surface area contributed by atoms with E-state index >= 15 is 0 Å². The van der Waals surface area contributed by atoms with E-state index in [9.17, 15) is 24.3 Å². The first kappa shape index (κ1) is 25.2. The lowest BCUT2D eigenvalue weighted by Crippen LogP contribution is -2.71. The Bertz CT molecular complexity index is 1350. The number of thiazole rings is 1. The van der Waals surface area contributed by atoms with Crippen LogP contribution in [0.4, 0.5) is 5.13 Å². The van der Waals surface area contributed by atoms with Crippen molar-refractivity contribution >= 4 is 51.7 Å². The number of nitrogens with one attached hydrogen (secondary N) is 2. The summed E-state index contributed by atoms with van der Waals surface area (Å²) in [6.07, 6.45) is 0. The predicted octanol–water partition coefficient (Wildman–Crippen LogP) is -2.51. The molecule has 4 rings (SSSR count). The minimum absolute atomic E-state index is 0.0523. The smallest absolute Gasteiger partial charge is 0.352 e. The summed E-state index contributed by atoms with van der Waals surface area (Å²) >= 11 is 2.24. The number of thioether (sulfide) groups is 1. The highest BCUT2D eigenvalue weighted by molar-refractivity contribution is 8.00. The molecule has 2 unspecified atom stereocenters. The van der Waals surface area contributed by atoms with Crippen LogP contribution in [0.5, 0.6) is 0 Å². The number of H-pyrrole nitrogens is 1. The molecule has 0 spiro atoms. The van der Waals surface area contributed by atoms with Crippen LogP contribution in [0.1, 0.15) is 23.3 Å². The molecule has 190 valence electrons. The van der Waals surface area contributed by atoms with Gasteiger partial charge in [-0.25, -0.2) is 9.78 Å². The number of aromatic amines is 1. The summed E-state index contributed by atoms with van der Waals surface area (Å²) in [5.74, 6) is -2.96. The average molecular weight is 538 g/mol. The summed E-state index contributed by atoms with van der Waals surface area (Å²) in [7, 11) is 1.24. The summed E-state index contributed by atoms with van der Waals surface area (Å²) in [6.45, 7) is -0.638. The van der Waals surface area contributed by atoms with Crippen LogP contribution >= 0.6 is 23.1 Å². The van der Waals surface area contributed by atoms with Crippen molar-refractivity contribution in [1.29, 1.82) is 0 Å². The van der Waals surface area contributed by atoms with Crippen molar-refractivity contribution in [3.8, 4) is 0 Å². The summed E-state index contributed by atoms with van der Waals surface area (Å²) in [5, 5.41) is 32.2. The number of amides is 2. The van der Waals surface area contributed by atoms with Crippen molar-refractivity contribution in [3.63, 3.8) is 0 Å². The minimum Gasteiger partial charge on any atom is -0.477 e. The van der Waals surface area contributed by atoms with E-state index in [0.717, 1.165) is 28.0 Å². The number of aliphatic carboxylic acids is 1. The Kier molecular flexibility index (Phi) is 7.02. The lowest BCUT2D eigenvalue weighted by molar-refractivity contribution is -0.150. The van der Waals surface area contributed by atoms with Gasteiger partial charge in [0.2, 0.25) is 0 Å². The zero-order chi connectivity index (χ0) is 26.1. The highest BCUT2D eigenvalue weighted by Crippen LogP contribution is 2.42. The number of fused-ring (bicyclic) bond motifs is 1. The third kappa shape index (κ3) is 4.41. The molecular weight excluding hydrogens is 518 g/mol. The number of β-lactam (4-membered cyclic amide) rings is 1. The number of nitrogens with zero attached hydrogens (tertiary/aromatic N) is 5. The van der Waals surface area contributed by atoms with Gasteiger partial charge in [-0.15, -0.1) is 23.1 Å². The Morgan fingerprint density at radius 3 is 2.75 bits per heavy atom. The molecule has 0 aliphatic carbocycles. The van der Waals surface area contributed by atoms with Crippen LogP contribution < -0.4 is 22.3 Å². The number of aromatic nitrogens is 4. The number of nitrogens with two attached hydrogens (primary N) is 2. The summed E-state index contributed by atoms with van der Waals surface area (Å²) < 4.78 is 0. The fraction of sp³-hybridized carbons (Fsp3) is 0.333. The fourth-order valence-corrected chi connectivity index (χ4v) is 5.51. The van der Waals surface area contributed by atoms with Crippen LogP contribution in [0.25, 0.3) is 0 Å². The Morgan fingerprint density at radius 1 is 1.42 bits per heavy atom. The number of carboxylic acids is 1. The molecule has 0 saturated carbocycles. The number of rotatable bonds is 8. The van der Waals surface area contributed by atoms with Crippen molar-refractivity contribution in [2.75, 3.05) is 18.6 Å². The van der Waals surface area contributed by atoms with E-state index in [2.05, 4.69) is 30.6 Å². The largest absolute Gasteiger partial charge is 0.477 e. The van der Waals surface area contributed by atoms with Crippen molar-refractivity contribution in [2.24, 2.45) is 10.9 Å². The van der Waals surface area contributed by atoms with E-state index < -0.39 is 47.4 Å². The fourth-order valence-electron chi connectivity index (χ4n) is 3.56. The number of carbonyl (C=O) groups excluding carboxylic acids is 2. The Labute approximate surface area is 209 Å². The van der Waals surface area contributed by atoms with Gasteiger partial charge in [-0.2, -0.15) is 10.1 Å². The van der Waals surface area contributed by atoms with Crippen molar-refractivity contribution in [3.05, 3.63) is 44.2 Å². The van der Waals surface area contributed by atoms with Gasteiger partial charge in [-0.3, -0.25) is 24.4 Å². The molecule has 1 saturated heterocycles. The second-order valence-corrected chi connectivity index (χ2v) is 9.34. The molecule has 2 amide bonds. The number of carboxylic acid groups (broad SMARTS) is 1. The van der Waals surface area contributed by atoms with Gasteiger partial charge in [0.05, 0.1) is 12.6 Å². The van der Waals surface area contributed by atoms with Crippen molar-refractivity contribution < 1.29 is 29.4 Å². The summed E-state index contributed by atoms with van der Waals surface area (Å²) in [4.78, 5) is 63.2. The number of carbonyl (C=O) groups is 3. The van der Waals surface area contributed by atoms with E-state index in [-0.39, 0.29) is 45.1 Å². The molecule has 0 aromatic carbocycles. The van der Waals surface area contributed by atoms with E-state index in [0.29, 0.717) is 0 Å². The van der Waals surface area contributed by atoms with Crippen molar-refractivity contribution in [2.45, 2.75) is 24.1 Å². The van der Waals surface area contributed by atoms with Gasteiger partial charge in [-0.05, 0) is 5.57 Å².